The molecule has 0 aliphatic carbocycles. The SMILES string of the molecule is Nc1nccnc1NCCc1ccc(Cl)cc1. The number of nitrogen functional groups attached to an aromatic ring is 1. The third-order valence-corrected chi connectivity index (χ3v) is 2.60. The molecule has 0 bridgehead atoms. The highest BCUT2D eigenvalue weighted by Gasteiger charge is 1.99. The molecule has 1 aromatic heterocycles. The van der Waals surface area contributed by atoms with Crippen molar-refractivity contribution >= 4 is 23.2 Å². The van der Waals surface area contributed by atoms with Crippen molar-refractivity contribution in [3.63, 3.8) is 0 Å². The van der Waals surface area contributed by atoms with E-state index >= 15 is 0 Å². The third kappa shape index (κ3) is 3.32. The van der Waals surface area contributed by atoms with Crippen molar-refractivity contribution in [1.29, 1.82) is 0 Å². The summed E-state index contributed by atoms with van der Waals surface area (Å²) in [7, 11) is 0. The fourth-order valence-corrected chi connectivity index (χ4v) is 1.59. The summed E-state index contributed by atoms with van der Waals surface area (Å²) in [5.74, 6) is 1.05. The molecule has 5 heteroatoms. The predicted molar refractivity (Wildman–Crippen MR) is 70.1 cm³/mol. The van der Waals surface area contributed by atoms with Crippen molar-refractivity contribution < 1.29 is 0 Å². The van der Waals surface area contributed by atoms with Gasteiger partial charge in [-0.25, -0.2) is 9.97 Å². The summed E-state index contributed by atoms with van der Waals surface area (Å²) in [4.78, 5) is 8.06. The Morgan fingerprint density at radius 3 is 2.53 bits per heavy atom. The van der Waals surface area contributed by atoms with Crippen molar-refractivity contribution in [3.8, 4) is 0 Å². The highest BCUT2D eigenvalue weighted by atomic mass is 35.5. The Balaban J connectivity index is 1.88. The second-order valence-corrected chi connectivity index (χ2v) is 4.03. The summed E-state index contributed by atoms with van der Waals surface area (Å²) < 4.78 is 0. The van der Waals surface area contributed by atoms with Crippen LogP contribution in [0.1, 0.15) is 5.56 Å². The first kappa shape index (κ1) is 11.7. The quantitative estimate of drug-likeness (QED) is 0.872. The minimum Gasteiger partial charge on any atom is -0.381 e. The van der Waals surface area contributed by atoms with Gasteiger partial charge in [0.1, 0.15) is 0 Å². The van der Waals surface area contributed by atoms with Crippen molar-refractivity contribution in [2.24, 2.45) is 0 Å². The van der Waals surface area contributed by atoms with E-state index in [2.05, 4.69) is 15.3 Å². The van der Waals surface area contributed by atoms with Gasteiger partial charge in [-0.1, -0.05) is 23.7 Å². The highest BCUT2D eigenvalue weighted by molar-refractivity contribution is 6.30. The number of anilines is 2. The van der Waals surface area contributed by atoms with Crippen LogP contribution in [0.25, 0.3) is 0 Å². The molecule has 4 nitrogen and oxygen atoms in total. The zero-order valence-corrected chi connectivity index (χ0v) is 9.98. The lowest BCUT2D eigenvalue weighted by atomic mass is 10.1. The maximum atomic E-state index is 5.81. The average Bonchev–Trinajstić information content (AvgIpc) is 2.34. The number of hydrogen-bond donors (Lipinski definition) is 2. The van der Waals surface area contributed by atoms with E-state index in [-0.39, 0.29) is 0 Å². The molecule has 17 heavy (non-hydrogen) atoms. The van der Waals surface area contributed by atoms with E-state index in [1.165, 1.54) is 5.56 Å². The summed E-state index contributed by atoms with van der Waals surface area (Å²) in [6.07, 6.45) is 4.06. The van der Waals surface area contributed by atoms with Gasteiger partial charge in [-0.05, 0) is 24.1 Å². The van der Waals surface area contributed by atoms with E-state index in [1.807, 2.05) is 24.3 Å². The smallest absolute Gasteiger partial charge is 0.168 e. The summed E-state index contributed by atoms with van der Waals surface area (Å²) in [5, 5.41) is 3.89. The number of nitrogens with one attached hydrogen (secondary N) is 1. The maximum Gasteiger partial charge on any atom is 0.168 e. The Labute approximate surface area is 105 Å². The molecule has 3 N–H and O–H groups in total. The van der Waals surface area contributed by atoms with E-state index in [1.54, 1.807) is 12.4 Å². The van der Waals surface area contributed by atoms with Gasteiger partial charge in [0.25, 0.3) is 0 Å². The molecule has 1 aromatic carbocycles. The lowest BCUT2D eigenvalue weighted by Crippen LogP contribution is -2.09. The Kier molecular flexibility index (Phi) is 3.77. The minimum atomic E-state index is 0.420. The Hall–Kier alpha value is -1.81. The van der Waals surface area contributed by atoms with Crippen LogP contribution in [-0.2, 0) is 6.42 Å². The molecule has 0 amide bonds. The number of benzene rings is 1. The van der Waals surface area contributed by atoms with Gasteiger partial charge in [-0.2, -0.15) is 0 Å². The topological polar surface area (TPSA) is 63.8 Å². The zero-order valence-electron chi connectivity index (χ0n) is 9.23. The van der Waals surface area contributed by atoms with Crippen molar-refractivity contribution in [1.82, 2.24) is 9.97 Å². The Bertz CT molecular complexity index is 484. The van der Waals surface area contributed by atoms with Gasteiger partial charge in [0.05, 0.1) is 0 Å². The van der Waals surface area contributed by atoms with Crippen molar-refractivity contribution in [2.75, 3.05) is 17.6 Å². The first-order chi connectivity index (χ1) is 8.25. The number of nitrogens with two attached hydrogens (primary N) is 1. The number of halogens is 1. The van der Waals surface area contributed by atoms with E-state index in [9.17, 15) is 0 Å². The maximum absolute atomic E-state index is 5.81. The molecule has 0 saturated heterocycles. The summed E-state index contributed by atoms with van der Waals surface area (Å²) in [6, 6.07) is 7.77. The Morgan fingerprint density at radius 1 is 1.12 bits per heavy atom. The predicted octanol–water partition coefficient (Wildman–Crippen LogP) is 2.37. The van der Waals surface area contributed by atoms with Gasteiger partial charge < -0.3 is 11.1 Å². The van der Waals surface area contributed by atoms with Crippen LogP contribution in [0.5, 0.6) is 0 Å². The number of aromatic nitrogens is 2. The molecule has 2 aromatic rings. The molecule has 88 valence electrons. The molecule has 0 unspecified atom stereocenters. The lowest BCUT2D eigenvalue weighted by Gasteiger charge is -2.06. The zero-order chi connectivity index (χ0) is 12.1. The number of rotatable bonds is 4. The van der Waals surface area contributed by atoms with E-state index in [4.69, 9.17) is 17.3 Å². The number of nitrogens with zero attached hydrogens (tertiary/aromatic N) is 2. The molecular formula is C12H13ClN4. The van der Waals surface area contributed by atoms with Gasteiger partial charge in [-0.15, -0.1) is 0 Å². The van der Waals surface area contributed by atoms with Gasteiger partial charge in [0.15, 0.2) is 11.6 Å². The molecule has 0 radical (unpaired) electrons. The van der Waals surface area contributed by atoms with Crippen LogP contribution in [0, 0.1) is 0 Å². The monoisotopic (exact) mass is 248 g/mol. The molecule has 1 heterocycles. The molecule has 0 atom stereocenters. The van der Waals surface area contributed by atoms with E-state index in [0.717, 1.165) is 18.0 Å². The first-order valence-corrected chi connectivity index (χ1v) is 5.68. The summed E-state index contributed by atoms with van der Waals surface area (Å²) >= 11 is 5.81. The Morgan fingerprint density at radius 2 is 1.82 bits per heavy atom. The largest absolute Gasteiger partial charge is 0.381 e. The van der Waals surface area contributed by atoms with E-state index < -0.39 is 0 Å². The average molecular weight is 249 g/mol. The second kappa shape index (κ2) is 5.50. The van der Waals surface area contributed by atoms with Crippen LogP contribution in [0.3, 0.4) is 0 Å². The lowest BCUT2D eigenvalue weighted by molar-refractivity contribution is 1.00. The van der Waals surface area contributed by atoms with Crippen LogP contribution >= 0.6 is 11.6 Å². The molecule has 0 fully saturated rings. The normalized spacial score (nSPS) is 10.2. The third-order valence-electron chi connectivity index (χ3n) is 2.35. The fraction of sp³-hybridized carbons (Fsp3) is 0.167. The van der Waals surface area contributed by atoms with Gasteiger partial charge >= 0.3 is 0 Å². The van der Waals surface area contributed by atoms with Gasteiger partial charge in [0, 0.05) is 24.0 Å². The number of hydrogen-bond acceptors (Lipinski definition) is 4. The molecule has 0 aliphatic heterocycles. The fourth-order valence-electron chi connectivity index (χ4n) is 1.46. The molecule has 0 saturated carbocycles. The summed E-state index contributed by atoms with van der Waals surface area (Å²) in [6.45, 7) is 0.754. The van der Waals surface area contributed by atoms with E-state index in [0.29, 0.717) is 11.6 Å². The molecule has 0 aliphatic rings. The van der Waals surface area contributed by atoms with Gasteiger partial charge in [0.2, 0.25) is 0 Å². The molecular weight excluding hydrogens is 236 g/mol. The first-order valence-electron chi connectivity index (χ1n) is 5.30. The minimum absolute atomic E-state index is 0.420. The van der Waals surface area contributed by atoms with Crippen LogP contribution in [0.15, 0.2) is 36.7 Å². The molecule has 0 spiro atoms. The van der Waals surface area contributed by atoms with Gasteiger partial charge in [-0.3, -0.25) is 0 Å². The van der Waals surface area contributed by atoms with Crippen molar-refractivity contribution in [3.05, 3.63) is 47.2 Å². The van der Waals surface area contributed by atoms with Crippen LogP contribution in [0.4, 0.5) is 11.6 Å². The second-order valence-electron chi connectivity index (χ2n) is 3.59. The van der Waals surface area contributed by atoms with Crippen LogP contribution < -0.4 is 11.1 Å². The highest BCUT2D eigenvalue weighted by Crippen LogP contribution is 2.12. The molecule has 2 rings (SSSR count). The van der Waals surface area contributed by atoms with Crippen LogP contribution in [0.2, 0.25) is 5.02 Å². The van der Waals surface area contributed by atoms with Crippen LogP contribution in [-0.4, -0.2) is 16.5 Å². The standard InChI is InChI=1S/C12H13ClN4/c13-10-3-1-9(2-4-10)5-6-16-12-11(14)15-7-8-17-12/h1-4,7-8H,5-6H2,(H2,14,15)(H,16,17). The van der Waals surface area contributed by atoms with Crippen molar-refractivity contribution in [2.45, 2.75) is 6.42 Å². The summed E-state index contributed by atoms with van der Waals surface area (Å²) in [5.41, 5.74) is 6.88.